The number of nitrogens with one attached hydrogen (secondary N) is 3. The Hall–Kier alpha value is -2.84. The number of aromatic amines is 1. The molecular formula is C21H25ClN4O4. The molecule has 3 amide bonds. The quantitative estimate of drug-likeness (QED) is 0.561. The first-order valence-electron chi connectivity index (χ1n) is 9.71. The van der Waals surface area contributed by atoms with E-state index in [1.165, 1.54) is 30.5 Å². The molecule has 1 aromatic carbocycles. The number of amides is 3. The summed E-state index contributed by atoms with van der Waals surface area (Å²) in [6.07, 6.45) is 3.44. The lowest BCUT2D eigenvalue weighted by Gasteiger charge is -2.23. The van der Waals surface area contributed by atoms with Crippen LogP contribution < -0.4 is 10.6 Å². The number of hydrogen-bond donors (Lipinski definition) is 4. The average Bonchev–Trinajstić information content (AvgIpc) is 3.39. The molecule has 4 N–H and O–H groups in total. The van der Waals surface area contributed by atoms with Crippen molar-refractivity contribution < 1.29 is 19.5 Å². The Morgan fingerprint density at radius 1 is 1.10 bits per heavy atom. The number of carbonyl (C=O) groups excluding carboxylic acids is 3. The van der Waals surface area contributed by atoms with Gasteiger partial charge in [-0.2, -0.15) is 0 Å². The maximum atomic E-state index is 12.6. The van der Waals surface area contributed by atoms with E-state index in [0.717, 1.165) is 25.9 Å². The van der Waals surface area contributed by atoms with E-state index in [1.807, 2.05) is 0 Å². The van der Waals surface area contributed by atoms with Gasteiger partial charge in [0.15, 0.2) is 0 Å². The van der Waals surface area contributed by atoms with Crippen molar-refractivity contribution in [1.82, 2.24) is 15.2 Å². The predicted molar refractivity (Wildman–Crippen MR) is 114 cm³/mol. The van der Waals surface area contributed by atoms with Crippen LogP contribution in [0.15, 0.2) is 30.5 Å². The molecule has 2 aromatic rings. The van der Waals surface area contributed by atoms with E-state index in [2.05, 4.69) is 15.6 Å². The summed E-state index contributed by atoms with van der Waals surface area (Å²) < 4.78 is 0. The molecule has 1 aromatic heterocycles. The zero-order chi connectivity index (χ0) is 21.9. The zero-order valence-electron chi connectivity index (χ0n) is 16.9. The maximum Gasteiger partial charge on any atom is 0.270 e. The fraction of sp³-hybridized carbons (Fsp3) is 0.381. The molecule has 30 heavy (non-hydrogen) atoms. The molecule has 1 aliphatic heterocycles. The molecule has 1 aliphatic rings. The second-order valence-electron chi connectivity index (χ2n) is 7.98. The number of aliphatic hydroxyl groups excluding tert-OH is 1. The number of nitrogens with zero attached hydrogens (tertiary/aromatic N) is 1. The van der Waals surface area contributed by atoms with E-state index in [-0.39, 0.29) is 23.1 Å². The second-order valence-corrected chi connectivity index (χ2v) is 8.42. The van der Waals surface area contributed by atoms with Crippen molar-refractivity contribution >= 4 is 35.0 Å². The molecular weight excluding hydrogens is 408 g/mol. The number of likely N-dealkylation sites (tertiary alicyclic amines) is 1. The van der Waals surface area contributed by atoms with Gasteiger partial charge in [-0.05, 0) is 51.0 Å². The van der Waals surface area contributed by atoms with Crippen LogP contribution in [0.4, 0.5) is 5.69 Å². The minimum atomic E-state index is -0.799. The smallest absolute Gasteiger partial charge is 0.270 e. The molecule has 0 radical (unpaired) electrons. The fourth-order valence-electron chi connectivity index (χ4n) is 3.15. The minimum absolute atomic E-state index is 0.125. The van der Waals surface area contributed by atoms with Crippen molar-refractivity contribution in [3.8, 4) is 0 Å². The molecule has 3 rings (SSSR count). The van der Waals surface area contributed by atoms with Crippen molar-refractivity contribution in [2.75, 3.05) is 25.0 Å². The van der Waals surface area contributed by atoms with Crippen LogP contribution in [0, 0.1) is 0 Å². The van der Waals surface area contributed by atoms with Gasteiger partial charge in [-0.1, -0.05) is 11.6 Å². The SMILES string of the molecule is CC(C)(CO)NC(=O)c1cc(Cl)cc(NC(=O)c2c[nH]c(C(=O)N3CCCC3)c2)c1. The highest BCUT2D eigenvalue weighted by molar-refractivity contribution is 6.31. The molecule has 0 aliphatic carbocycles. The summed E-state index contributed by atoms with van der Waals surface area (Å²) in [5.74, 6) is -0.983. The fourth-order valence-corrected chi connectivity index (χ4v) is 3.39. The van der Waals surface area contributed by atoms with Gasteiger partial charge in [0.05, 0.1) is 17.7 Å². The topological polar surface area (TPSA) is 115 Å². The lowest BCUT2D eigenvalue weighted by Crippen LogP contribution is -2.46. The number of H-pyrrole nitrogens is 1. The summed E-state index contributed by atoms with van der Waals surface area (Å²) in [4.78, 5) is 42.1. The van der Waals surface area contributed by atoms with Gasteiger partial charge < -0.3 is 25.6 Å². The van der Waals surface area contributed by atoms with Crippen molar-refractivity contribution in [2.45, 2.75) is 32.2 Å². The highest BCUT2D eigenvalue weighted by Crippen LogP contribution is 2.21. The highest BCUT2D eigenvalue weighted by Gasteiger charge is 2.23. The number of benzene rings is 1. The van der Waals surface area contributed by atoms with E-state index >= 15 is 0 Å². The Balaban J connectivity index is 1.72. The van der Waals surface area contributed by atoms with Gasteiger partial charge in [-0.25, -0.2) is 0 Å². The molecule has 8 nitrogen and oxygen atoms in total. The molecule has 160 valence electrons. The van der Waals surface area contributed by atoms with Crippen LogP contribution in [-0.4, -0.2) is 57.9 Å². The third-order valence-electron chi connectivity index (χ3n) is 4.83. The zero-order valence-corrected chi connectivity index (χ0v) is 17.7. The van der Waals surface area contributed by atoms with Crippen molar-refractivity contribution in [1.29, 1.82) is 0 Å². The summed E-state index contributed by atoms with van der Waals surface area (Å²) >= 11 is 6.11. The van der Waals surface area contributed by atoms with Gasteiger partial charge in [0.1, 0.15) is 5.69 Å². The number of halogens is 1. The van der Waals surface area contributed by atoms with Gasteiger partial charge in [0, 0.05) is 35.6 Å². The Morgan fingerprint density at radius 3 is 2.47 bits per heavy atom. The molecule has 1 fully saturated rings. The van der Waals surface area contributed by atoms with Crippen LogP contribution >= 0.6 is 11.6 Å². The van der Waals surface area contributed by atoms with Crippen molar-refractivity contribution in [3.63, 3.8) is 0 Å². The van der Waals surface area contributed by atoms with Gasteiger partial charge in [0.2, 0.25) is 0 Å². The van der Waals surface area contributed by atoms with Gasteiger partial charge in [-0.3, -0.25) is 14.4 Å². The lowest BCUT2D eigenvalue weighted by molar-refractivity contribution is 0.0787. The van der Waals surface area contributed by atoms with Crippen LogP contribution in [0.2, 0.25) is 5.02 Å². The van der Waals surface area contributed by atoms with E-state index in [9.17, 15) is 19.5 Å². The van der Waals surface area contributed by atoms with E-state index < -0.39 is 17.4 Å². The number of aliphatic hydroxyl groups is 1. The summed E-state index contributed by atoms with van der Waals surface area (Å²) in [5, 5.41) is 15.0. The summed E-state index contributed by atoms with van der Waals surface area (Å²) in [6.45, 7) is 4.59. The van der Waals surface area contributed by atoms with Crippen LogP contribution in [-0.2, 0) is 0 Å². The first-order valence-corrected chi connectivity index (χ1v) is 10.1. The molecule has 9 heteroatoms. The van der Waals surface area contributed by atoms with Gasteiger partial charge >= 0.3 is 0 Å². The molecule has 0 saturated carbocycles. The van der Waals surface area contributed by atoms with Crippen LogP contribution in [0.5, 0.6) is 0 Å². The molecule has 2 heterocycles. The lowest BCUT2D eigenvalue weighted by atomic mass is 10.1. The van der Waals surface area contributed by atoms with Crippen LogP contribution in [0.1, 0.15) is 57.9 Å². The largest absolute Gasteiger partial charge is 0.394 e. The third-order valence-corrected chi connectivity index (χ3v) is 5.05. The van der Waals surface area contributed by atoms with E-state index in [1.54, 1.807) is 18.7 Å². The number of rotatable bonds is 6. The molecule has 0 unspecified atom stereocenters. The highest BCUT2D eigenvalue weighted by atomic mass is 35.5. The van der Waals surface area contributed by atoms with E-state index in [0.29, 0.717) is 16.9 Å². The normalized spacial score (nSPS) is 13.9. The summed E-state index contributed by atoms with van der Waals surface area (Å²) in [6, 6.07) is 6.01. The Bertz CT molecular complexity index is 964. The monoisotopic (exact) mass is 432 g/mol. The Labute approximate surface area is 179 Å². The summed E-state index contributed by atoms with van der Waals surface area (Å²) in [7, 11) is 0. The molecule has 0 atom stereocenters. The molecule has 0 spiro atoms. The Morgan fingerprint density at radius 2 is 1.80 bits per heavy atom. The van der Waals surface area contributed by atoms with E-state index in [4.69, 9.17) is 11.6 Å². The first kappa shape index (κ1) is 21.9. The third kappa shape index (κ3) is 5.20. The number of aromatic nitrogens is 1. The maximum absolute atomic E-state index is 12.6. The van der Waals surface area contributed by atoms with Crippen LogP contribution in [0.3, 0.4) is 0 Å². The predicted octanol–water partition coefficient (Wildman–Crippen LogP) is 2.66. The number of carbonyl (C=O) groups is 3. The summed E-state index contributed by atoms with van der Waals surface area (Å²) in [5.41, 5.74) is 0.447. The molecule has 1 saturated heterocycles. The molecule has 0 bridgehead atoms. The first-order chi connectivity index (χ1) is 14.2. The Kier molecular flexibility index (Phi) is 6.48. The van der Waals surface area contributed by atoms with Crippen molar-refractivity contribution in [3.05, 3.63) is 52.3 Å². The van der Waals surface area contributed by atoms with Gasteiger partial charge in [-0.15, -0.1) is 0 Å². The van der Waals surface area contributed by atoms with Gasteiger partial charge in [0.25, 0.3) is 17.7 Å². The second kappa shape index (κ2) is 8.89. The number of anilines is 1. The van der Waals surface area contributed by atoms with Crippen molar-refractivity contribution in [2.24, 2.45) is 0 Å². The standard InChI is InChI=1S/C21H25ClN4O4/c1-21(2,12-27)25-19(29)13-7-15(22)10-16(8-13)24-18(28)14-9-17(23-11-14)20(30)26-5-3-4-6-26/h7-11,23,27H,3-6,12H2,1-2H3,(H,24,28)(H,25,29). The number of hydrogen-bond acceptors (Lipinski definition) is 4. The average molecular weight is 433 g/mol. The van der Waals surface area contributed by atoms with Crippen LogP contribution in [0.25, 0.3) is 0 Å². The minimum Gasteiger partial charge on any atom is -0.394 e.